The van der Waals surface area contributed by atoms with Gasteiger partial charge in [0, 0.05) is 18.6 Å². The first-order valence-electron chi connectivity index (χ1n) is 7.24. The second-order valence-corrected chi connectivity index (χ2v) is 5.82. The summed E-state index contributed by atoms with van der Waals surface area (Å²) < 4.78 is 0. The molecule has 0 bridgehead atoms. The highest BCUT2D eigenvalue weighted by Gasteiger charge is 2.35. The number of fused-ring (bicyclic) bond motifs is 1. The van der Waals surface area contributed by atoms with Crippen LogP contribution in [0.15, 0.2) is 18.3 Å². The highest BCUT2D eigenvalue weighted by Crippen LogP contribution is 2.38. The van der Waals surface area contributed by atoms with Gasteiger partial charge in [0.1, 0.15) is 0 Å². The van der Waals surface area contributed by atoms with E-state index in [1.807, 2.05) is 13.1 Å². The lowest BCUT2D eigenvalue weighted by molar-refractivity contribution is 0.342. The van der Waals surface area contributed by atoms with Crippen molar-refractivity contribution in [3.8, 4) is 0 Å². The van der Waals surface area contributed by atoms with E-state index >= 15 is 0 Å². The molecule has 3 nitrogen and oxygen atoms in total. The molecule has 2 fully saturated rings. The number of aromatic nitrogens is 1. The normalized spacial score (nSPS) is 29.1. The Morgan fingerprint density at radius 2 is 2.11 bits per heavy atom. The third-order valence-corrected chi connectivity index (χ3v) is 4.58. The average Bonchev–Trinajstić information content (AvgIpc) is 2.82. The summed E-state index contributed by atoms with van der Waals surface area (Å²) >= 11 is 0. The minimum absolute atomic E-state index is 0.0278. The lowest BCUT2D eigenvalue weighted by atomic mass is 9.85. The molecule has 3 atom stereocenters. The molecule has 0 amide bonds. The smallest absolute Gasteiger partial charge is 0.0569 e. The summed E-state index contributed by atoms with van der Waals surface area (Å²) in [4.78, 5) is 7.06. The van der Waals surface area contributed by atoms with Gasteiger partial charge in [-0.2, -0.15) is 0 Å². The largest absolute Gasteiger partial charge is 0.367 e. The van der Waals surface area contributed by atoms with Gasteiger partial charge in [0.05, 0.1) is 17.6 Å². The van der Waals surface area contributed by atoms with Gasteiger partial charge >= 0.3 is 0 Å². The molecule has 98 valence electrons. The van der Waals surface area contributed by atoms with Crippen LogP contribution in [0.2, 0.25) is 0 Å². The van der Waals surface area contributed by atoms with Crippen LogP contribution in [0, 0.1) is 5.92 Å². The van der Waals surface area contributed by atoms with Crippen LogP contribution in [0.4, 0.5) is 5.69 Å². The lowest BCUT2D eigenvalue weighted by Gasteiger charge is -2.33. The van der Waals surface area contributed by atoms with Crippen LogP contribution in [0.3, 0.4) is 0 Å². The van der Waals surface area contributed by atoms with Crippen molar-refractivity contribution in [1.29, 1.82) is 0 Å². The summed E-state index contributed by atoms with van der Waals surface area (Å²) in [6.45, 7) is 3.18. The maximum absolute atomic E-state index is 5.85. The van der Waals surface area contributed by atoms with Crippen molar-refractivity contribution in [3.05, 3.63) is 24.0 Å². The Kier molecular flexibility index (Phi) is 3.25. The molecular formula is C15H23N3. The Bertz CT molecular complexity index is 399. The van der Waals surface area contributed by atoms with Crippen molar-refractivity contribution in [2.45, 2.75) is 51.1 Å². The third kappa shape index (κ3) is 2.12. The van der Waals surface area contributed by atoms with Crippen LogP contribution in [0.5, 0.6) is 0 Å². The van der Waals surface area contributed by atoms with Crippen molar-refractivity contribution < 1.29 is 0 Å². The third-order valence-electron chi connectivity index (χ3n) is 4.58. The fraction of sp³-hybridized carbons (Fsp3) is 0.667. The topological polar surface area (TPSA) is 42.1 Å². The van der Waals surface area contributed by atoms with Crippen molar-refractivity contribution in [3.63, 3.8) is 0 Å². The first-order chi connectivity index (χ1) is 8.75. The van der Waals surface area contributed by atoms with E-state index < -0.39 is 0 Å². The predicted octanol–water partition coefficient (Wildman–Crippen LogP) is 2.87. The number of nitrogens with zero attached hydrogens (tertiary/aromatic N) is 2. The second kappa shape index (κ2) is 4.88. The molecule has 2 aliphatic rings. The van der Waals surface area contributed by atoms with Crippen molar-refractivity contribution >= 4 is 5.69 Å². The van der Waals surface area contributed by atoms with Crippen LogP contribution >= 0.6 is 0 Å². The zero-order valence-corrected chi connectivity index (χ0v) is 11.2. The van der Waals surface area contributed by atoms with Crippen LogP contribution in [-0.4, -0.2) is 17.6 Å². The van der Waals surface area contributed by atoms with Gasteiger partial charge < -0.3 is 10.6 Å². The minimum atomic E-state index is 0.0278. The van der Waals surface area contributed by atoms with Crippen LogP contribution in [-0.2, 0) is 0 Å². The average molecular weight is 245 g/mol. The molecule has 2 N–H and O–H groups in total. The van der Waals surface area contributed by atoms with Gasteiger partial charge in [-0.15, -0.1) is 0 Å². The maximum atomic E-state index is 5.85. The second-order valence-electron chi connectivity index (χ2n) is 5.82. The summed E-state index contributed by atoms with van der Waals surface area (Å²) in [6.07, 6.45) is 8.97. The zero-order valence-electron chi connectivity index (χ0n) is 11.2. The molecule has 1 aromatic rings. The lowest BCUT2D eigenvalue weighted by Crippen LogP contribution is -2.34. The van der Waals surface area contributed by atoms with Gasteiger partial charge in [0.15, 0.2) is 0 Å². The Morgan fingerprint density at radius 3 is 2.83 bits per heavy atom. The summed E-state index contributed by atoms with van der Waals surface area (Å²) in [6, 6.07) is 5.07. The minimum Gasteiger partial charge on any atom is -0.367 e. The molecule has 1 saturated heterocycles. The van der Waals surface area contributed by atoms with E-state index in [0.29, 0.717) is 0 Å². The molecule has 3 rings (SSSR count). The molecule has 1 aliphatic carbocycles. The summed E-state index contributed by atoms with van der Waals surface area (Å²) in [5.74, 6) is 0.923. The quantitative estimate of drug-likeness (QED) is 0.871. The first-order valence-corrected chi connectivity index (χ1v) is 7.24. The predicted molar refractivity (Wildman–Crippen MR) is 74.5 cm³/mol. The molecule has 1 saturated carbocycles. The number of anilines is 1. The van der Waals surface area contributed by atoms with Gasteiger partial charge in [-0.25, -0.2) is 0 Å². The van der Waals surface area contributed by atoms with E-state index in [-0.39, 0.29) is 6.04 Å². The Morgan fingerprint density at radius 1 is 1.28 bits per heavy atom. The number of hydrogen-bond donors (Lipinski definition) is 1. The maximum Gasteiger partial charge on any atom is 0.0569 e. The molecule has 0 aromatic carbocycles. The van der Waals surface area contributed by atoms with Gasteiger partial charge in [0.25, 0.3) is 0 Å². The summed E-state index contributed by atoms with van der Waals surface area (Å²) in [5.41, 5.74) is 8.12. The molecule has 3 heteroatoms. The monoisotopic (exact) mass is 245 g/mol. The number of nitrogens with two attached hydrogens (primary N) is 1. The van der Waals surface area contributed by atoms with E-state index in [0.717, 1.165) is 17.7 Å². The van der Waals surface area contributed by atoms with E-state index in [2.05, 4.69) is 22.0 Å². The molecule has 0 radical (unpaired) electrons. The van der Waals surface area contributed by atoms with Crippen molar-refractivity contribution in [2.24, 2.45) is 11.7 Å². The standard InChI is InChI=1S/C15H23N3/c1-11(16)14-7-6-13(10-17-14)18-9-8-12-4-2-3-5-15(12)18/h6-7,10-12,15H,2-5,8-9,16H2,1H3/t11-,12?,15?/m0/s1. The Balaban J connectivity index is 1.78. The van der Waals surface area contributed by atoms with E-state index in [9.17, 15) is 0 Å². The molecule has 1 aromatic heterocycles. The van der Waals surface area contributed by atoms with Crippen LogP contribution in [0.25, 0.3) is 0 Å². The molecule has 2 unspecified atom stereocenters. The molecular weight excluding hydrogens is 222 g/mol. The fourth-order valence-corrected chi connectivity index (χ4v) is 3.56. The van der Waals surface area contributed by atoms with Crippen molar-refractivity contribution in [1.82, 2.24) is 4.98 Å². The van der Waals surface area contributed by atoms with Gasteiger partial charge in [-0.1, -0.05) is 12.8 Å². The molecule has 1 aliphatic heterocycles. The zero-order chi connectivity index (χ0) is 12.5. The van der Waals surface area contributed by atoms with E-state index in [4.69, 9.17) is 5.73 Å². The molecule has 0 spiro atoms. The Hall–Kier alpha value is -1.09. The fourth-order valence-electron chi connectivity index (χ4n) is 3.56. The SMILES string of the molecule is C[C@H](N)c1ccc(N2CCC3CCCCC32)cn1. The summed E-state index contributed by atoms with van der Waals surface area (Å²) in [5, 5.41) is 0. The van der Waals surface area contributed by atoms with Gasteiger partial charge in [-0.05, 0) is 44.2 Å². The van der Waals surface area contributed by atoms with E-state index in [1.165, 1.54) is 44.3 Å². The number of rotatable bonds is 2. The molecule has 2 heterocycles. The van der Waals surface area contributed by atoms with Crippen LogP contribution < -0.4 is 10.6 Å². The van der Waals surface area contributed by atoms with Gasteiger partial charge in [-0.3, -0.25) is 4.98 Å². The summed E-state index contributed by atoms with van der Waals surface area (Å²) in [7, 11) is 0. The van der Waals surface area contributed by atoms with Gasteiger partial charge in [0.2, 0.25) is 0 Å². The number of hydrogen-bond acceptors (Lipinski definition) is 3. The highest BCUT2D eigenvalue weighted by molar-refractivity contribution is 5.47. The van der Waals surface area contributed by atoms with Crippen molar-refractivity contribution in [2.75, 3.05) is 11.4 Å². The molecule has 18 heavy (non-hydrogen) atoms. The first kappa shape index (κ1) is 12.0. The highest BCUT2D eigenvalue weighted by atomic mass is 15.2. The number of pyridine rings is 1. The Labute approximate surface area is 109 Å². The van der Waals surface area contributed by atoms with E-state index in [1.54, 1.807) is 0 Å². The van der Waals surface area contributed by atoms with Crippen LogP contribution in [0.1, 0.15) is 50.8 Å².